The van der Waals surface area contributed by atoms with Gasteiger partial charge >= 0.3 is 5.97 Å². The fraction of sp³-hybridized carbons (Fsp3) is 0.467. The Bertz CT molecular complexity index is 615. The summed E-state index contributed by atoms with van der Waals surface area (Å²) >= 11 is 0. The molecule has 0 saturated carbocycles. The Labute approximate surface area is 117 Å². The number of aryl methyl sites for hydroxylation is 1. The normalized spacial score (nSPS) is 16.0. The summed E-state index contributed by atoms with van der Waals surface area (Å²) in [6, 6.07) is 5.25. The maximum atomic E-state index is 11.3. The first-order chi connectivity index (χ1) is 9.75. The predicted molar refractivity (Wildman–Crippen MR) is 77.0 cm³/mol. The van der Waals surface area contributed by atoms with Crippen LogP contribution in [-0.2, 0) is 6.54 Å². The number of rotatable bonds is 5. The van der Waals surface area contributed by atoms with Crippen LogP contribution in [0.2, 0.25) is 0 Å². The summed E-state index contributed by atoms with van der Waals surface area (Å²) in [6.45, 7) is 4.29. The van der Waals surface area contributed by atoms with Crippen LogP contribution in [0.4, 0.5) is 0 Å². The highest BCUT2D eigenvalue weighted by Crippen LogP contribution is 2.18. The van der Waals surface area contributed by atoms with E-state index in [4.69, 9.17) is 0 Å². The molecule has 0 spiro atoms. The number of nitrogens with zero attached hydrogens (tertiary/aromatic N) is 3. The molecule has 20 heavy (non-hydrogen) atoms. The second kappa shape index (κ2) is 5.63. The molecule has 2 aromatic rings. The van der Waals surface area contributed by atoms with Gasteiger partial charge in [0.1, 0.15) is 0 Å². The van der Waals surface area contributed by atoms with Crippen LogP contribution in [0.3, 0.4) is 0 Å². The Hall–Kier alpha value is -1.88. The molecule has 2 heterocycles. The van der Waals surface area contributed by atoms with Crippen LogP contribution in [0.15, 0.2) is 24.5 Å². The van der Waals surface area contributed by atoms with E-state index in [0.717, 1.165) is 30.5 Å². The van der Waals surface area contributed by atoms with Crippen LogP contribution in [0, 0.1) is 0 Å². The summed E-state index contributed by atoms with van der Waals surface area (Å²) in [5.41, 5.74) is 1.83. The topological polar surface area (TPSA) is 58.4 Å². The van der Waals surface area contributed by atoms with E-state index in [1.165, 1.54) is 25.9 Å². The number of likely N-dealkylation sites (tertiary alicyclic amines) is 1. The van der Waals surface area contributed by atoms with Crippen LogP contribution in [0.1, 0.15) is 29.6 Å². The first-order valence-corrected chi connectivity index (χ1v) is 7.15. The SMILES string of the molecule is O=C(O)c1cccc2ncn(CCCN3CCCC3)c12. The van der Waals surface area contributed by atoms with Crippen LogP contribution in [0.5, 0.6) is 0 Å². The van der Waals surface area contributed by atoms with Gasteiger partial charge in [-0.1, -0.05) is 6.07 Å². The first kappa shape index (κ1) is 13.1. The standard InChI is InChI=1S/C15H19N3O2/c19-15(20)12-5-3-6-13-14(12)18(11-16-13)10-4-9-17-7-1-2-8-17/h3,5-6,11H,1-2,4,7-10H2,(H,19,20). The zero-order valence-electron chi connectivity index (χ0n) is 11.5. The second-order valence-corrected chi connectivity index (χ2v) is 5.32. The van der Waals surface area contributed by atoms with Gasteiger partial charge in [-0.3, -0.25) is 0 Å². The summed E-state index contributed by atoms with van der Waals surface area (Å²) in [5.74, 6) is -0.892. The molecular formula is C15H19N3O2. The van der Waals surface area contributed by atoms with Crippen molar-refractivity contribution in [2.45, 2.75) is 25.8 Å². The number of hydrogen-bond acceptors (Lipinski definition) is 3. The number of carboxylic acid groups (broad SMARTS) is 1. The Morgan fingerprint density at radius 3 is 2.80 bits per heavy atom. The third-order valence-corrected chi connectivity index (χ3v) is 3.94. The number of imidazole rings is 1. The molecule has 1 N–H and O–H groups in total. The van der Waals surface area contributed by atoms with Gasteiger partial charge in [0.05, 0.1) is 22.9 Å². The quantitative estimate of drug-likeness (QED) is 0.907. The highest BCUT2D eigenvalue weighted by molar-refractivity contribution is 6.01. The number of carboxylic acids is 1. The zero-order chi connectivity index (χ0) is 13.9. The van der Waals surface area contributed by atoms with Crippen molar-refractivity contribution in [2.75, 3.05) is 19.6 Å². The van der Waals surface area contributed by atoms with E-state index >= 15 is 0 Å². The number of benzene rings is 1. The number of fused-ring (bicyclic) bond motifs is 1. The molecule has 1 fully saturated rings. The van der Waals surface area contributed by atoms with Gasteiger partial charge in [0.15, 0.2) is 0 Å². The minimum Gasteiger partial charge on any atom is -0.478 e. The van der Waals surface area contributed by atoms with E-state index in [1.807, 2.05) is 10.6 Å². The number of hydrogen-bond donors (Lipinski definition) is 1. The average Bonchev–Trinajstić information content (AvgIpc) is 3.08. The zero-order valence-corrected chi connectivity index (χ0v) is 11.5. The lowest BCUT2D eigenvalue weighted by atomic mass is 10.2. The number of aromatic carboxylic acids is 1. The highest BCUT2D eigenvalue weighted by Gasteiger charge is 2.14. The van der Waals surface area contributed by atoms with E-state index in [-0.39, 0.29) is 0 Å². The third kappa shape index (κ3) is 2.54. The van der Waals surface area contributed by atoms with Crippen molar-refractivity contribution in [1.82, 2.24) is 14.5 Å². The maximum Gasteiger partial charge on any atom is 0.337 e. The lowest BCUT2D eigenvalue weighted by Crippen LogP contribution is -2.21. The molecule has 0 unspecified atom stereocenters. The minimum atomic E-state index is -0.892. The van der Waals surface area contributed by atoms with E-state index in [9.17, 15) is 9.90 Å². The van der Waals surface area contributed by atoms with Crippen molar-refractivity contribution in [1.29, 1.82) is 0 Å². The third-order valence-electron chi connectivity index (χ3n) is 3.94. The first-order valence-electron chi connectivity index (χ1n) is 7.15. The van der Waals surface area contributed by atoms with E-state index in [1.54, 1.807) is 18.5 Å². The average molecular weight is 273 g/mol. The van der Waals surface area contributed by atoms with Gasteiger partial charge in [-0.05, 0) is 51.0 Å². The summed E-state index contributed by atoms with van der Waals surface area (Å²) in [7, 11) is 0. The van der Waals surface area contributed by atoms with Crippen molar-refractivity contribution in [3.8, 4) is 0 Å². The molecule has 106 valence electrons. The molecule has 1 aliphatic rings. The van der Waals surface area contributed by atoms with Gasteiger partial charge in [0.2, 0.25) is 0 Å². The molecule has 1 aromatic carbocycles. The van der Waals surface area contributed by atoms with Crippen molar-refractivity contribution in [3.05, 3.63) is 30.1 Å². The van der Waals surface area contributed by atoms with Gasteiger partial charge in [0, 0.05) is 6.54 Å². The molecule has 5 nitrogen and oxygen atoms in total. The highest BCUT2D eigenvalue weighted by atomic mass is 16.4. The molecule has 1 saturated heterocycles. The van der Waals surface area contributed by atoms with Gasteiger partial charge in [-0.2, -0.15) is 0 Å². The summed E-state index contributed by atoms with van der Waals surface area (Å²) in [4.78, 5) is 18.1. The Kier molecular flexibility index (Phi) is 3.69. The van der Waals surface area contributed by atoms with Gasteiger partial charge in [-0.15, -0.1) is 0 Å². The van der Waals surface area contributed by atoms with Crippen LogP contribution >= 0.6 is 0 Å². The number of carbonyl (C=O) groups is 1. The van der Waals surface area contributed by atoms with Gasteiger partial charge in [-0.25, -0.2) is 9.78 Å². The minimum absolute atomic E-state index is 0.334. The van der Waals surface area contributed by atoms with Gasteiger partial charge < -0.3 is 14.6 Å². The fourth-order valence-corrected chi connectivity index (χ4v) is 2.94. The molecule has 0 radical (unpaired) electrons. The van der Waals surface area contributed by atoms with Crippen LogP contribution < -0.4 is 0 Å². The fourth-order valence-electron chi connectivity index (χ4n) is 2.94. The van der Waals surface area contributed by atoms with Crippen molar-refractivity contribution >= 4 is 17.0 Å². The smallest absolute Gasteiger partial charge is 0.337 e. The summed E-state index contributed by atoms with van der Waals surface area (Å²) in [6.07, 6.45) is 5.38. The molecule has 0 atom stereocenters. The van der Waals surface area contributed by atoms with E-state index in [2.05, 4.69) is 9.88 Å². The van der Waals surface area contributed by atoms with E-state index in [0.29, 0.717) is 5.56 Å². The van der Waals surface area contributed by atoms with Gasteiger partial charge in [0.25, 0.3) is 0 Å². The molecule has 1 aliphatic heterocycles. The molecule has 0 aliphatic carbocycles. The van der Waals surface area contributed by atoms with Crippen LogP contribution in [0.25, 0.3) is 11.0 Å². The lowest BCUT2D eigenvalue weighted by Gasteiger charge is -2.14. The maximum absolute atomic E-state index is 11.3. The largest absolute Gasteiger partial charge is 0.478 e. The molecule has 5 heteroatoms. The summed E-state index contributed by atoms with van der Waals surface area (Å²) in [5, 5.41) is 9.27. The monoisotopic (exact) mass is 273 g/mol. The van der Waals surface area contributed by atoms with Crippen molar-refractivity contribution in [2.24, 2.45) is 0 Å². The Balaban J connectivity index is 1.75. The Morgan fingerprint density at radius 1 is 1.25 bits per heavy atom. The molecule has 0 bridgehead atoms. The predicted octanol–water partition coefficient (Wildman–Crippen LogP) is 2.22. The molecule has 0 amide bonds. The number of aromatic nitrogens is 2. The molecular weight excluding hydrogens is 254 g/mol. The summed E-state index contributed by atoms with van der Waals surface area (Å²) < 4.78 is 1.97. The molecule has 1 aromatic heterocycles. The second-order valence-electron chi connectivity index (χ2n) is 5.32. The lowest BCUT2D eigenvalue weighted by molar-refractivity contribution is 0.0698. The Morgan fingerprint density at radius 2 is 2.05 bits per heavy atom. The number of para-hydroxylation sites is 1. The van der Waals surface area contributed by atoms with Crippen molar-refractivity contribution < 1.29 is 9.90 Å². The van der Waals surface area contributed by atoms with Crippen LogP contribution in [-0.4, -0.2) is 45.2 Å². The van der Waals surface area contributed by atoms with Crippen molar-refractivity contribution in [3.63, 3.8) is 0 Å². The van der Waals surface area contributed by atoms with E-state index < -0.39 is 5.97 Å². The molecule has 3 rings (SSSR count).